The molecule has 0 unspecified atom stereocenters. The van der Waals surface area contributed by atoms with Crippen LogP contribution in [0.3, 0.4) is 0 Å². The number of pyridine rings is 1. The van der Waals surface area contributed by atoms with E-state index in [0.29, 0.717) is 19.5 Å². The normalized spacial score (nSPS) is 13.7. The molecule has 1 aliphatic heterocycles. The average Bonchev–Trinajstić information content (AvgIpc) is 3.15. The van der Waals surface area contributed by atoms with Gasteiger partial charge in [-0.3, -0.25) is 0 Å². The highest BCUT2D eigenvalue weighted by Gasteiger charge is 2.13. The maximum atomic E-state index is 13.1. The van der Waals surface area contributed by atoms with Crippen LogP contribution in [0.1, 0.15) is 24.0 Å². The number of nitrogens with one attached hydrogen (secondary N) is 2. The molecule has 132 valence electrons. The van der Waals surface area contributed by atoms with Gasteiger partial charge in [0.05, 0.1) is 0 Å². The van der Waals surface area contributed by atoms with Crippen molar-refractivity contribution in [2.75, 3.05) is 24.5 Å². The summed E-state index contributed by atoms with van der Waals surface area (Å²) in [5.74, 6) is 0.743. The second kappa shape index (κ2) is 8.46. The van der Waals surface area contributed by atoms with Crippen LogP contribution in [-0.4, -0.2) is 30.6 Å². The van der Waals surface area contributed by atoms with Crippen molar-refractivity contribution in [3.05, 3.63) is 59.5 Å². The molecular weight excluding hydrogens is 319 g/mol. The van der Waals surface area contributed by atoms with Crippen LogP contribution in [0.4, 0.5) is 15.0 Å². The van der Waals surface area contributed by atoms with E-state index in [1.54, 1.807) is 12.3 Å². The molecule has 1 aromatic heterocycles. The minimum atomic E-state index is -0.258. The van der Waals surface area contributed by atoms with Gasteiger partial charge in [-0.05, 0) is 48.6 Å². The van der Waals surface area contributed by atoms with Crippen molar-refractivity contribution in [3.63, 3.8) is 0 Å². The van der Waals surface area contributed by atoms with Crippen LogP contribution in [0.2, 0.25) is 0 Å². The van der Waals surface area contributed by atoms with Gasteiger partial charge in [0.1, 0.15) is 11.6 Å². The van der Waals surface area contributed by atoms with Crippen LogP contribution in [0, 0.1) is 5.82 Å². The quantitative estimate of drug-likeness (QED) is 0.849. The van der Waals surface area contributed by atoms with E-state index in [-0.39, 0.29) is 11.8 Å². The summed E-state index contributed by atoms with van der Waals surface area (Å²) in [6.07, 6.45) is 4.85. The number of urea groups is 1. The van der Waals surface area contributed by atoms with Gasteiger partial charge in [0, 0.05) is 32.4 Å². The van der Waals surface area contributed by atoms with Crippen molar-refractivity contribution in [2.45, 2.75) is 25.8 Å². The monoisotopic (exact) mass is 342 g/mol. The first-order valence-corrected chi connectivity index (χ1v) is 8.67. The summed E-state index contributed by atoms with van der Waals surface area (Å²) < 4.78 is 13.1. The predicted molar refractivity (Wildman–Crippen MR) is 96.0 cm³/mol. The number of rotatable bonds is 6. The number of carbonyl (C=O) groups excluding carboxylic acids is 1. The number of aromatic nitrogens is 1. The fourth-order valence-corrected chi connectivity index (χ4v) is 2.91. The molecule has 0 atom stereocenters. The highest BCUT2D eigenvalue weighted by atomic mass is 19.1. The van der Waals surface area contributed by atoms with Gasteiger partial charge in [0.25, 0.3) is 0 Å². The Labute approximate surface area is 147 Å². The molecule has 1 saturated heterocycles. The fraction of sp³-hybridized carbons (Fsp3) is 0.368. The number of amides is 2. The maximum absolute atomic E-state index is 13.1. The lowest BCUT2D eigenvalue weighted by atomic mass is 10.1. The number of benzene rings is 1. The van der Waals surface area contributed by atoms with Crippen molar-refractivity contribution >= 4 is 11.8 Å². The summed E-state index contributed by atoms with van der Waals surface area (Å²) in [6, 6.07) is 10.2. The molecule has 3 rings (SSSR count). The van der Waals surface area contributed by atoms with E-state index in [1.807, 2.05) is 18.2 Å². The highest BCUT2D eigenvalue weighted by molar-refractivity contribution is 5.73. The number of halogens is 1. The Balaban J connectivity index is 1.38. The van der Waals surface area contributed by atoms with Gasteiger partial charge in [0.2, 0.25) is 0 Å². The van der Waals surface area contributed by atoms with Gasteiger partial charge in [0.15, 0.2) is 0 Å². The zero-order chi connectivity index (χ0) is 17.5. The average molecular weight is 342 g/mol. The van der Waals surface area contributed by atoms with Crippen LogP contribution in [0.15, 0.2) is 42.6 Å². The number of nitrogens with zero attached hydrogens (tertiary/aromatic N) is 2. The predicted octanol–water partition coefficient (Wildman–Crippen LogP) is 2.86. The molecule has 2 aromatic rings. The molecule has 1 fully saturated rings. The molecule has 25 heavy (non-hydrogen) atoms. The Morgan fingerprint density at radius 1 is 1.12 bits per heavy atom. The molecular formula is C19H23FN4O. The van der Waals surface area contributed by atoms with Crippen molar-refractivity contribution in [3.8, 4) is 0 Å². The summed E-state index contributed by atoms with van der Waals surface area (Å²) in [4.78, 5) is 18.6. The molecule has 2 amide bonds. The van der Waals surface area contributed by atoms with E-state index in [2.05, 4.69) is 20.5 Å². The van der Waals surface area contributed by atoms with Crippen LogP contribution in [-0.2, 0) is 13.0 Å². The smallest absolute Gasteiger partial charge is 0.315 e. The third kappa shape index (κ3) is 5.17. The van der Waals surface area contributed by atoms with E-state index < -0.39 is 0 Å². The first-order chi connectivity index (χ1) is 12.2. The number of hydrogen-bond acceptors (Lipinski definition) is 3. The van der Waals surface area contributed by atoms with Gasteiger partial charge in [-0.1, -0.05) is 18.2 Å². The lowest BCUT2D eigenvalue weighted by Gasteiger charge is -2.16. The van der Waals surface area contributed by atoms with Crippen LogP contribution < -0.4 is 15.5 Å². The third-order valence-electron chi connectivity index (χ3n) is 4.28. The Hall–Kier alpha value is -2.63. The van der Waals surface area contributed by atoms with E-state index in [4.69, 9.17) is 0 Å². The van der Waals surface area contributed by atoms with E-state index >= 15 is 0 Å². The number of anilines is 1. The molecule has 0 bridgehead atoms. The molecule has 5 nitrogen and oxygen atoms in total. The third-order valence-corrected chi connectivity index (χ3v) is 4.28. The van der Waals surface area contributed by atoms with Crippen molar-refractivity contribution < 1.29 is 9.18 Å². The van der Waals surface area contributed by atoms with E-state index in [0.717, 1.165) is 30.0 Å². The lowest BCUT2D eigenvalue weighted by molar-refractivity contribution is 0.240. The summed E-state index contributed by atoms with van der Waals surface area (Å²) in [7, 11) is 0. The van der Waals surface area contributed by atoms with Gasteiger partial charge in [-0.2, -0.15) is 0 Å². The Morgan fingerprint density at radius 2 is 1.96 bits per heavy atom. The van der Waals surface area contributed by atoms with Crippen LogP contribution in [0.25, 0.3) is 0 Å². The topological polar surface area (TPSA) is 57.3 Å². The Morgan fingerprint density at radius 3 is 2.68 bits per heavy atom. The molecule has 2 heterocycles. The standard InChI is InChI=1S/C19H23FN4O/c20-17-5-3-4-15(12-17)8-9-21-19(25)23-14-16-6-7-18(22-13-16)24-10-1-2-11-24/h3-7,12-13H,1-2,8-11,14H2,(H2,21,23,25). The first kappa shape index (κ1) is 17.2. The van der Waals surface area contributed by atoms with E-state index in [1.165, 1.54) is 25.0 Å². The molecule has 0 spiro atoms. The summed E-state index contributed by atoms with van der Waals surface area (Å²) >= 11 is 0. The summed E-state index contributed by atoms with van der Waals surface area (Å²) in [5.41, 5.74) is 1.82. The minimum Gasteiger partial charge on any atom is -0.357 e. The van der Waals surface area contributed by atoms with Crippen molar-refractivity contribution in [1.29, 1.82) is 0 Å². The SMILES string of the molecule is O=C(NCCc1cccc(F)c1)NCc1ccc(N2CCCC2)nc1. The number of carbonyl (C=O) groups is 1. The largest absolute Gasteiger partial charge is 0.357 e. The highest BCUT2D eigenvalue weighted by Crippen LogP contribution is 2.17. The number of hydrogen-bond donors (Lipinski definition) is 2. The van der Waals surface area contributed by atoms with Gasteiger partial charge in [-0.25, -0.2) is 14.2 Å². The van der Waals surface area contributed by atoms with Gasteiger partial charge < -0.3 is 15.5 Å². The second-order valence-corrected chi connectivity index (χ2v) is 6.21. The molecule has 0 aliphatic carbocycles. The van der Waals surface area contributed by atoms with Crippen LogP contribution >= 0.6 is 0 Å². The zero-order valence-corrected chi connectivity index (χ0v) is 14.2. The second-order valence-electron chi connectivity index (χ2n) is 6.21. The first-order valence-electron chi connectivity index (χ1n) is 8.67. The van der Waals surface area contributed by atoms with Crippen molar-refractivity contribution in [2.24, 2.45) is 0 Å². The molecule has 0 radical (unpaired) electrons. The molecule has 1 aromatic carbocycles. The Bertz CT molecular complexity index is 699. The molecule has 1 aliphatic rings. The lowest BCUT2D eigenvalue weighted by Crippen LogP contribution is -2.36. The van der Waals surface area contributed by atoms with Crippen molar-refractivity contribution in [1.82, 2.24) is 15.6 Å². The fourth-order valence-electron chi connectivity index (χ4n) is 2.91. The minimum absolute atomic E-state index is 0.236. The summed E-state index contributed by atoms with van der Waals surface area (Å²) in [5, 5.41) is 5.58. The Kier molecular flexibility index (Phi) is 5.82. The molecule has 0 saturated carbocycles. The van der Waals surface area contributed by atoms with E-state index in [9.17, 15) is 9.18 Å². The van der Waals surface area contributed by atoms with Crippen LogP contribution in [0.5, 0.6) is 0 Å². The molecule has 2 N–H and O–H groups in total. The molecule has 6 heteroatoms. The van der Waals surface area contributed by atoms with Gasteiger partial charge in [-0.15, -0.1) is 0 Å². The zero-order valence-electron chi connectivity index (χ0n) is 14.2. The summed E-state index contributed by atoms with van der Waals surface area (Å²) in [6.45, 7) is 3.02. The maximum Gasteiger partial charge on any atom is 0.315 e. The van der Waals surface area contributed by atoms with Gasteiger partial charge >= 0.3 is 6.03 Å².